The van der Waals surface area contributed by atoms with E-state index in [1.165, 1.54) is 18.4 Å². The Balaban J connectivity index is 1.72. The summed E-state index contributed by atoms with van der Waals surface area (Å²) in [6.07, 6.45) is 5.16. The van der Waals surface area contributed by atoms with Crippen molar-refractivity contribution >= 4 is 5.78 Å². The molecule has 0 saturated heterocycles. The molecule has 1 saturated carbocycles. The van der Waals surface area contributed by atoms with Gasteiger partial charge in [0.1, 0.15) is 11.5 Å². The second-order valence-corrected chi connectivity index (χ2v) is 4.86. The molecule has 0 spiro atoms. The Labute approximate surface area is 103 Å². The maximum atomic E-state index is 11.8. The number of rotatable bonds is 5. The maximum Gasteiger partial charge on any atom is 0.139 e. The quantitative estimate of drug-likeness (QED) is 0.776. The summed E-state index contributed by atoms with van der Waals surface area (Å²) in [6, 6.07) is 7.95. The van der Waals surface area contributed by atoms with E-state index in [-0.39, 0.29) is 0 Å². The molecule has 1 aromatic rings. The molecule has 2 rings (SSSR count). The molecule has 1 fully saturated rings. The van der Waals surface area contributed by atoms with Crippen LogP contribution in [-0.4, -0.2) is 12.4 Å². The van der Waals surface area contributed by atoms with Crippen molar-refractivity contribution in [3.8, 4) is 5.75 Å². The van der Waals surface area contributed by atoms with Gasteiger partial charge in [0.2, 0.25) is 0 Å². The number of ketones is 1. The van der Waals surface area contributed by atoms with Gasteiger partial charge in [-0.1, -0.05) is 30.5 Å². The zero-order valence-corrected chi connectivity index (χ0v) is 10.4. The maximum absolute atomic E-state index is 11.8. The summed E-state index contributed by atoms with van der Waals surface area (Å²) in [6.45, 7) is 2.56. The number of carbonyl (C=O) groups is 1. The van der Waals surface area contributed by atoms with E-state index < -0.39 is 0 Å². The molecule has 1 aromatic carbocycles. The Bertz CT molecular complexity index is 361. The zero-order chi connectivity index (χ0) is 12.1. The molecule has 2 nitrogen and oxygen atoms in total. The van der Waals surface area contributed by atoms with Crippen LogP contribution in [0.2, 0.25) is 0 Å². The number of benzene rings is 1. The third-order valence-electron chi connectivity index (χ3n) is 3.45. The topological polar surface area (TPSA) is 26.3 Å². The minimum absolute atomic E-state index is 0.316. The molecule has 0 atom stereocenters. The average Bonchev–Trinajstić information content (AvgIpc) is 2.85. The van der Waals surface area contributed by atoms with Gasteiger partial charge >= 0.3 is 0 Å². The number of ether oxygens (including phenoxy) is 1. The lowest BCUT2D eigenvalue weighted by molar-refractivity contribution is -0.123. The average molecular weight is 232 g/mol. The number of carbonyl (C=O) groups excluding carboxylic acids is 1. The van der Waals surface area contributed by atoms with Crippen LogP contribution >= 0.6 is 0 Å². The highest BCUT2D eigenvalue weighted by molar-refractivity contribution is 5.81. The Hall–Kier alpha value is -1.31. The lowest BCUT2D eigenvalue weighted by atomic mass is 10.0. The van der Waals surface area contributed by atoms with Gasteiger partial charge in [0.15, 0.2) is 0 Å². The van der Waals surface area contributed by atoms with Gasteiger partial charge in [0.25, 0.3) is 0 Å². The minimum atomic E-state index is 0.316. The van der Waals surface area contributed by atoms with Crippen LogP contribution in [0.3, 0.4) is 0 Å². The molecular weight excluding hydrogens is 212 g/mol. The van der Waals surface area contributed by atoms with Gasteiger partial charge in [-0.25, -0.2) is 0 Å². The Morgan fingerprint density at radius 2 is 1.88 bits per heavy atom. The van der Waals surface area contributed by atoms with Crippen molar-refractivity contribution in [1.29, 1.82) is 0 Å². The summed E-state index contributed by atoms with van der Waals surface area (Å²) in [7, 11) is 0. The third-order valence-corrected chi connectivity index (χ3v) is 3.45. The smallest absolute Gasteiger partial charge is 0.139 e. The molecule has 0 radical (unpaired) electrons. The fourth-order valence-electron chi connectivity index (χ4n) is 2.36. The summed E-state index contributed by atoms with van der Waals surface area (Å²) >= 11 is 0. The van der Waals surface area contributed by atoms with Crippen LogP contribution in [0.15, 0.2) is 24.3 Å². The Morgan fingerprint density at radius 1 is 1.24 bits per heavy atom. The molecule has 0 unspecified atom stereocenters. The van der Waals surface area contributed by atoms with Crippen LogP contribution < -0.4 is 4.74 Å². The first-order valence-electron chi connectivity index (χ1n) is 6.48. The van der Waals surface area contributed by atoms with Gasteiger partial charge < -0.3 is 4.74 Å². The fourth-order valence-corrected chi connectivity index (χ4v) is 2.36. The largest absolute Gasteiger partial charge is 0.493 e. The number of aryl methyl sites for hydroxylation is 1. The predicted octanol–water partition coefficient (Wildman–Crippen LogP) is 3.52. The summed E-state index contributed by atoms with van der Waals surface area (Å²) in [5.41, 5.74) is 1.22. The van der Waals surface area contributed by atoms with Crippen molar-refractivity contribution in [1.82, 2.24) is 0 Å². The van der Waals surface area contributed by atoms with Crippen LogP contribution in [0.5, 0.6) is 5.75 Å². The van der Waals surface area contributed by atoms with Gasteiger partial charge in [-0.2, -0.15) is 0 Å². The summed E-state index contributed by atoms with van der Waals surface area (Å²) in [5, 5.41) is 0. The molecule has 2 heteroatoms. The molecule has 0 heterocycles. The van der Waals surface area contributed by atoms with E-state index in [2.05, 4.69) is 0 Å². The fraction of sp³-hybridized carbons (Fsp3) is 0.533. The first kappa shape index (κ1) is 12.2. The van der Waals surface area contributed by atoms with Gasteiger partial charge in [-0.05, 0) is 31.9 Å². The van der Waals surface area contributed by atoms with E-state index in [1.807, 2.05) is 31.2 Å². The first-order valence-corrected chi connectivity index (χ1v) is 6.48. The highest BCUT2D eigenvalue weighted by Gasteiger charge is 2.21. The second-order valence-electron chi connectivity index (χ2n) is 4.86. The molecule has 92 valence electrons. The van der Waals surface area contributed by atoms with E-state index in [0.29, 0.717) is 24.7 Å². The van der Waals surface area contributed by atoms with Gasteiger partial charge in [0, 0.05) is 12.3 Å². The lowest BCUT2D eigenvalue weighted by Gasteiger charge is -2.09. The summed E-state index contributed by atoms with van der Waals surface area (Å²) < 4.78 is 5.57. The molecule has 0 amide bonds. The van der Waals surface area contributed by atoms with Crippen molar-refractivity contribution in [2.45, 2.75) is 39.0 Å². The standard InChI is InChI=1S/C15H20O2/c1-12-6-8-14(9-7-12)17-11-10-15(16)13-4-2-3-5-13/h6-9,13H,2-5,10-11H2,1H3. The summed E-state index contributed by atoms with van der Waals surface area (Å²) in [4.78, 5) is 11.8. The molecule has 0 aliphatic heterocycles. The zero-order valence-electron chi connectivity index (χ0n) is 10.4. The van der Waals surface area contributed by atoms with E-state index in [4.69, 9.17) is 4.74 Å². The molecule has 1 aliphatic carbocycles. The van der Waals surface area contributed by atoms with Crippen molar-refractivity contribution in [3.05, 3.63) is 29.8 Å². The summed E-state index contributed by atoms with van der Waals surface area (Å²) in [5.74, 6) is 1.56. The lowest BCUT2D eigenvalue weighted by Crippen LogP contribution is -2.14. The third kappa shape index (κ3) is 3.58. The van der Waals surface area contributed by atoms with E-state index in [9.17, 15) is 4.79 Å². The molecular formula is C15H20O2. The SMILES string of the molecule is Cc1ccc(OCCC(=O)C2CCCC2)cc1. The van der Waals surface area contributed by atoms with Gasteiger partial charge in [0.05, 0.1) is 6.61 Å². The predicted molar refractivity (Wildman–Crippen MR) is 68.3 cm³/mol. The highest BCUT2D eigenvalue weighted by atomic mass is 16.5. The van der Waals surface area contributed by atoms with Crippen molar-refractivity contribution in [2.24, 2.45) is 5.92 Å². The highest BCUT2D eigenvalue weighted by Crippen LogP contribution is 2.26. The molecule has 0 N–H and O–H groups in total. The first-order chi connectivity index (χ1) is 8.25. The van der Waals surface area contributed by atoms with Gasteiger partial charge in [-0.3, -0.25) is 4.79 Å². The van der Waals surface area contributed by atoms with Crippen molar-refractivity contribution in [3.63, 3.8) is 0 Å². The van der Waals surface area contributed by atoms with Crippen LogP contribution in [-0.2, 0) is 4.79 Å². The van der Waals surface area contributed by atoms with Crippen LogP contribution in [0.25, 0.3) is 0 Å². The molecule has 0 aromatic heterocycles. The van der Waals surface area contributed by atoms with Crippen LogP contribution in [0.4, 0.5) is 0 Å². The molecule has 1 aliphatic rings. The molecule has 0 bridgehead atoms. The normalized spacial score (nSPS) is 16.1. The van der Waals surface area contributed by atoms with E-state index >= 15 is 0 Å². The molecule has 17 heavy (non-hydrogen) atoms. The van der Waals surface area contributed by atoms with E-state index in [0.717, 1.165) is 18.6 Å². The second kappa shape index (κ2) is 5.85. The van der Waals surface area contributed by atoms with Crippen molar-refractivity contribution in [2.75, 3.05) is 6.61 Å². The number of hydrogen-bond acceptors (Lipinski definition) is 2. The van der Waals surface area contributed by atoms with Crippen LogP contribution in [0, 0.1) is 12.8 Å². The monoisotopic (exact) mass is 232 g/mol. The number of hydrogen-bond donors (Lipinski definition) is 0. The Kier molecular flexibility index (Phi) is 4.18. The minimum Gasteiger partial charge on any atom is -0.493 e. The Morgan fingerprint density at radius 3 is 2.53 bits per heavy atom. The van der Waals surface area contributed by atoms with Crippen molar-refractivity contribution < 1.29 is 9.53 Å². The van der Waals surface area contributed by atoms with Crippen LogP contribution in [0.1, 0.15) is 37.7 Å². The number of Topliss-reactive ketones (excluding diaryl/α,β-unsaturated/α-hetero) is 1. The van der Waals surface area contributed by atoms with Gasteiger partial charge in [-0.15, -0.1) is 0 Å². The van der Waals surface area contributed by atoms with E-state index in [1.54, 1.807) is 0 Å².